The van der Waals surface area contributed by atoms with Crippen molar-refractivity contribution in [3.05, 3.63) is 108 Å². The van der Waals surface area contributed by atoms with Crippen molar-refractivity contribution in [2.75, 3.05) is 10.6 Å². The van der Waals surface area contributed by atoms with Gasteiger partial charge in [-0.1, -0.05) is 74.5 Å². The molecule has 0 bridgehead atoms. The minimum Gasteiger partial charge on any atom is -0.397 e. The van der Waals surface area contributed by atoms with E-state index in [1.165, 1.54) is 11.1 Å². The number of fused-ring (bicyclic) bond motifs is 2. The van der Waals surface area contributed by atoms with E-state index in [1.54, 1.807) is 0 Å². The number of benzene rings is 4. The molecule has 0 radical (unpaired) electrons. The largest absolute Gasteiger partial charge is 0.397 e. The number of anilines is 4. The Hall–Kier alpha value is -3.92. The zero-order chi connectivity index (χ0) is 21.4. The van der Waals surface area contributed by atoms with Gasteiger partial charge in [-0.25, -0.2) is 0 Å². The summed E-state index contributed by atoms with van der Waals surface area (Å²) in [5.74, 6) is 0. The normalized spacial score (nSPS) is 14.3. The van der Waals surface area contributed by atoms with Crippen LogP contribution in [0.2, 0.25) is 0 Å². The molecule has 0 aliphatic carbocycles. The van der Waals surface area contributed by atoms with Crippen molar-refractivity contribution in [3.63, 3.8) is 0 Å². The Morgan fingerprint density at radius 3 is 1.65 bits per heavy atom. The molecule has 1 aliphatic heterocycles. The molecule has 4 aromatic rings. The molecule has 0 unspecified atom stereocenters. The monoisotopic (exact) mass is 404 g/mol. The molecule has 4 nitrogen and oxygen atoms in total. The molecule has 1 aliphatic rings. The smallest absolute Gasteiger partial charge is 0.110 e. The Morgan fingerprint density at radius 1 is 0.581 bits per heavy atom. The van der Waals surface area contributed by atoms with Gasteiger partial charge in [0.05, 0.1) is 22.7 Å². The van der Waals surface area contributed by atoms with Gasteiger partial charge >= 0.3 is 0 Å². The van der Waals surface area contributed by atoms with Crippen LogP contribution in [-0.4, -0.2) is 0 Å². The Bertz CT molecular complexity index is 1240. The molecule has 0 saturated heterocycles. The maximum atomic E-state index is 6.06. The molecule has 1 heterocycles. The predicted molar refractivity (Wildman–Crippen MR) is 128 cm³/mol. The van der Waals surface area contributed by atoms with Crippen LogP contribution in [0, 0.1) is 0 Å². The van der Waals surface area contributed by atoms with E-state index >= 15 is 0 Å². The molecular formula is C27H24N4. The molecule has 0 spiro atoms. The van der Waals surface area contributed by atoms with Gasteiger partial charge in [0.2, 0.25) is 0 Å². The van der Waals surface area contributed by atoms with Crippen molar-refractivity contribution in [1.29, 1.82) is 0 Å². The van der Waals surface area contributed by atoms with Gasteiger partial charge in [-0.05, 0) is 47.5 Å². The number of nitrogens with two attached hydrogens (primary N) is 1. The lowest BCUT2D eigenvalue weighted by molar-refractivity contribution is 0.632. The molecule has 2 N–H and O–H groups in total. The lowest BCUT2D eigenvalue weighted by Gasteiger charge is -2.42. The number of nitrogen functional groups attached to an aromatic ring is 1. The summed E-state index contributed by atoms with van der Waals surface area (Å²) in [6.45, 7) is 4.57. The second-order valence-corrected chi connectivity index (χ2v) is 8.24. The maximum absolute atomic E-state index is 6.06. The lowest BCUT2D eigenvalue weighted by Crippen LogP contribution is -2.30. The second-order valence-electron chi connectivity index (χ2n) is 8.24. The SMILES string of the molecule is CC1(C)c2ccccc2N(c2ccccc2N=Nc2ccccc2N)c2ccccc21. The summed E-state index contributed by atoms with van der Waals surface area (Å²) in [6.07, 6.45) is 0. The van der Waals surface area contributed by atoms with Crippen molar-refractivity contribution in [1.82, 2.24) is 0 Å². The van der Waals surface area contributed by atoms with Gasteiger partial charge in [-0.2, -0.15) is 0 Å². The molecule has 0 fully saturated rings. The molecule has 0 aromatic heterocycles. The Balaban J connectivity index is 1.70. The van der Waals surface area contributed by atoms with E-state index in [2.05, 4.69) is 83.6 Å². The Labute approximate surface area is 182 Å². The second kappa shape index (κ2) is 7.40. The average Bonchev–Trinajstić information content (AvgIpc) is 2.80. The first-order chi connectivity index (χ1) is 15.1. The fraction of sp³-hybridized carbons (Fsp3) is 0.111. The first kappa shape index (κ1) is 19.1. The van der Waals surface area contributed by atoms with E-state index in [4.69, 9.17) is 5.73 Å². The van der Waals surface area contributed by atoms with Gasteiger partial charge in [0.25, 0.3) is 0 Å². The highest BCUT2D eigenvalue weighted by atomic mass is 15.2. The van der Waals surface area contributed by atoms with Gasteiger partial charge in [0.1, 0.15) is 11.4 Å². The summed E-state index contributed by atoms with van der Waals surface area (Å²) < 4.78 is 0. The summed E-state index contributed by atoms with van der Waals surface area (Å²) in [5.41, 5.74) is 13.9. The van der Waals surface area contributed by atoms with Crippen LogP contribution < -0.4 is 10.6 Å². The highest BCUT2D eigenvalue weighted by molar-refractivity contribution is 5.89. The molecule has 5 rings (SSSR count). The standard InChI is InChI=1S/C27H24N4/c1-27(2)19-11-3-8-16-24(19)31(25-17-9-4-12-20(25)27)26-18-10-7-15-23(26)30-29-22-14-6-5-13-21(22)28/h3-18H,28H2,1-2H3. The van der Waals surface area contributed by atoms with Gasteiger partial charge < -0.3 is 10.6 Å². The lowest BCUT2D eigenvalue weighted by atomic mass is 9.73. The van der Waals surface area contributed by atoms with Crippen LogP contribution >= 0.6 is 0 Å². The fourth-order valence-corrected chi connectivity index (χ4v) is 4.35. The first-order valence-electron chi connectivity index (χ1n) is 10.4. The van der Waals surface area contributed by atoms with Crippen LogP contribution in [0.25, 0.3) is 0 Å². The number of para-hydroxylation sites is 4. The molecule has 0 amide bonds. The molecule has 152 valence electrons. The molecule has 0 atom stereocenters. The quantitative estimate of drug-likeness (QED) is 0.280. The zero-order valence-electron chi connectivity index (χ0n) is 17.7. The van der Waals surface area contributed by atoms with Crippen LogP contribution in [0.4, 0.5) is 34.1 Å². The molecular weight excluding hydrogens is 380 g/mol. The minimum atomic E-state index is -0.0986. The summed E-state index contributed by atoms with van der Waals surface area (Å²) in [5, 5.41) is 9.04. The Kier molecular flexibility index (Phi) is 4.55. The van der Waals surface area contributed by atoms with E-state index in [9.17, 15) is 0 Å². The van der Waals surface area contributed by atoms with Crippen molar-refractivity contribution in [2.24, 2.45) is 10.2 Å². The van der Waals surface area contributed by atoms with Crippen molar-refractivity contribution < 1.29 is 0 Å². The molecule has 4 heteroatoms. The van der Waals surface area contributed by atoms with Crippen LogP contribution in [-0.2, 0) is 5.41 Å². The summed E-state index contributed by atoms with van der Waals surface area (Å²) in [6, 6.07) is 32.8. The summed E-state index contributed by atoms with van der Waals surface area (Å²) in [7, 11) is 0. The number of rotatable bonds is 3. The third kappa shape index (κ3) is 3.17. The van der Waals surface area contributed by atoms with Crippen LogP contribution in [0.3, 0.4) is 0 Å². The van der Waals surface area contributed by atoms with Crippen LogP contribution in [0.15, 0.2) is 107 Å². The van der Waals surface area contributed by atoms with Crippen molar-refractivity contribution >= 4 is 34.1 Å². The number of hydrogen-bond acceptors (Lipinski definition) is 4. The molecule has 31 heavy (non-hydrogen) atoms. The van der Waals surface area contributed by atoms with Gasteiger partial charge in [-0.15, -0.1) is 10.2 Å². The van der Waals surface area contributed by atoms with Crippen LogP contribution in [0.1, 0.15) is 25.0 Å². The minimum absolute atomic E-state index is 0.0986. The van der Waals surface area contributed by atoms with Crippen molar-refractivity contribution in [2.45, 2.75) is 19.3 Å². The fourth-order valence-electron chi connectivity index (χ4n) is 4.35. The van der Waals surface area contributed by atoms with Gasteiger partial charge in [-0.3, -0.25) is 0 Å². The average molecular weight is 405 g/mol. The number of azo groups is 1. The van der Waals surface area contributed by atoms with E-state index in [0.29, 0.717) is 11.4 Å². The third-order valence-corrected chi connectivity index (χ3v) is 5.96. The van der Waals surface area contributed by atoms with E-state index in [1.807, 2.05) is 42.5 Å². The molecule has 0 saturated carbocycles. The highest BCUT2D eigenvalue weighted by Gasteiger charge is 2.36. The highest BCUT2D eigenvalue weighted by Crippen LogP contribution is 2.53. The topological polar surface area (TPSA) is 54.0 Å². The van der Waals surface area contributed by atoms with Crippen LogP contribution in [0.5, 0.6) is 0 Å². The first-order valence-corrected chi connectivity index (χ1v) is 10.4. The third-order valence-electron chi connectivity index (χ3n) is 5.96. The number of nitrogens with zero attached hydrogens (tertiary/aromatic N) is 3. The molecule has 4 aromatic carbocycles. The van der Waals surface area contributed by atoms with Gasteiger partial charge in [0, 0.05) is 5.41 Å². The summed E-state index contributed by atoms with van der Waals surface area (Å²) in [4.78, 5) is 2.29. The van der Waals surface area contributed by atoms with Gasteiger partial charge in [0.15, 0.2) is 0 Å². The van der Waals surface area contributed by atoms with E-state index in [-0.39, 0.29) is 5.41 Å². The van der Waals surface area contributed by atoms with E-state index in [0.717, 1.165) is 22.7 Å². The predicted octanol–water partition coefficient (Wildman–Crippen LogP) is 7.79. The maximum Gasteiger partial charge on any atom is 0.110 e. The Morgan fingerprint density at radius 2 is 1.03 bits per heavy atom. The van der Waals surface area contributed by atoms with Crippen molar-refractivity contribution in [3.8, 4) is 0 Å². The van der Waals surface area contributed by atoms with E-state index < -0.39 is 0 Å². The summed E-state index contributed by atoms with van der Waals surface area (Å²) >= 11 is 0. The number of hydrogen-bond donors (Lipinski definition) is 1. The zero-order valence-corrected chi connectivity index (χ0v) is 17.7.